The Morgan fingerprint density at radius 3 is 1.43 bits per heavy atom. The minimum Gasteiger partial charge on any atom is -0.326 e. The fourth-order valence-electron chi connectivity index (χ4n) is 2.40. The lowest BCUT2D eigenvalue weighted by molar-refractivity contribution is -2.00. The van der Waals surface area contributed by atoms with Crippen molar-refractivity contribution in [2.24, 2.45) is 0 Å². The zero-order valence-corrected chi connectivity index (χ0v) is 16.5. The van der Waals surface area contributed by atoms with Gasteiger partial charge in [-0.25, -0.2) is 18.6 Å². The number of amides is 1. The zero-order valence-electron chi connectivity index (χ0n) is 14.9. The second-order valence-corrected chi connectivity index (χ2v) is 8.30. The lowest BCUT2D eigenvalue weighted by Crippen LogP contribution is -2.68. The van der Waals surface area contributed by atoms with Gasteiger partial charge < -0.3 is 5.32 Å². The summed E-state index contributed by atoms with van der Waals surface area (Å²) in [4.78, 5) is 15.0. The number of carbonyl (C=O) groups excluding carboxylic acids is 1. The van der Waals surface area contributed by atoms with Crippen LogP contribution in [0.4, 0.5) is 5.69 Å². The van der Waals surface area contributed by atoms with E-state index in [1.165, 1.54) is 21.6 Å². The summed E-state index contributed by atoms with van der Waals surface area (Å²) in [6.45, 7) is 1.52. The maximum absolute atomic E-state index is 11.2. The molecule has 0 aliphatic carbocycles. The third kappa shape index (κ3) is 7.69. The maximum Gasteiger partial charge on any atom is 0.221 e. The average molecular weight is 420 g/mol. The van der Waals surface area contributed by atoms with Crippen LogP contribution >= 0.6 is 0 Å². The van der Waals surface area contributed by atoms with Crippen molar-refractivity contribution in [1.29, 1.82) is 0 Å². The van der Waals surface area contributed by atoms with E-state index in [4.69, 9.17) is 18.6 Å². The van der Waals surface area contributed by atoms with Crippen molar-refractivity contribution in [3.63, 3.8) is 0 Å². The van der Waals surface area contributed by atoms with Crippen molar-refractivity contribution in [2.45, 2.75) is 21.6 Å². The molecule has 146 valence electrons. The van der Waals surface area contributed by atoms with E-state index in [0.717, 1.165) is 5.69 Å². The van der Waals surface area contributed by atoms with Crippen molar-refractivity contribution >= 4 is 22.5 Å². The predicted octanol–water partition coefficient (Wildman–Crippen LogP) is -0.0156. The van der Waals surface area contributed by atoms with Crippen LogP contribution in [0, 0.1) is 10.2 Å². The number of rotatable bonds is 4. The van der Waals surface area contributed by atoms with E-state index in [2.05, 4.69) is 66.0 Å². The molecule has 0 bridgehead atoms. The second kappa shape index (κ2) is 10.2. The SMILES string of the molecule is CC(=O)Nc1ccc([S+](c2ccccc2)c2ccccc2)cc1.[O-][Cl+3]([O-])([O-])[O-]. The van der Waals surface area contributed by atoms with Gasteiger partial charge in [0.1, 0.15) is 0 Å². The molecule has 3 aromatic carbocycles. The summed E-state index contributed by atoms with van der Waals surface area (Å²) in [5, 5.41) is 2.81. The molecule has 1 amide bonds. The Labute approximate surface area is 168 Å². The summed E-state index contributed by atoms with van der Waals surface area (Å²) in [5.41, 5.74) is 0.825. The Morgan fingerprint density at radius 1 is 0.714 bits per heavy atom. The second-order valence-electron chi connectivity index (χ2n) is 5.52. The molecule has 0 saturated heterocycles. The molecule has 0 unspecified atom stereocenters. The molecule has 3 rings (SSSR count). The minimum atomic E-state index is -4.94. The van der Waals surface area contributed by atoms with Gasteiger partial charge in [-0.1, -0.05) is 36.4 Å². The number of halogens is 1. The molecular formula is C20H18ClNO5S. The highest BCUT2D eigenvalue weighted by Crippen LogP contribution is 2.31. The first-order chi connectivity index (χ1) is 13.2. The quantitative estimate of drug-likeness (QED) is 0.596. The fraction of sp³-hybridized carbons (Fsp3) is 0.0500. The third-order valence-corrected chi connectivity index (χ3v) is 5.60. The summed E-state index contributed by atoms with van der Waals surface area (Å²) in [7, 11) is -5.09. The van der Waals surface area contributed by atoms with Crippen molar-refractivity contribution in [3.05, 3.63) is 84.9 Å². The van der Waals surface area contributed by atoms with Gasteiger partial charge in [-0.05, 0) is 48.5 Å². The van der Waals surface area contributed by atoms with Crippen molar-refractivity contribution in [1.82, 2.24) is 0 Å². The molecule has 0 heterocycles. The molecule has 28 heavy (non-hydrogen) atoms. The third-order valence-electron chi connectivity index (χ3n) is 3.37. The Morgan fingerprint density at radius 2 is 1.07 bits per heavy atom. The summed E-state index contributed by atoms with van der Waals surface area (Å²) in [6, 6.07) is 29.1. The Kier molecular flexibility index (Phi) is 8.01. The van der Waals surface area contributed by atoms with Crippen LogP contribution in [0.2, 0.25) is 0 Å². The molecule has 3 aromatic rings. The normalized spacial score (nSPS) is 10.8. The highest BCUT2D eigenvalue weighted by atomic mass is 35.7. The number of hydrogen-bond acceptors (Lipinski definition) is 5. The van der Waals surface area contributed by atoms with Crippen LogP contribution in [-0.4, -0.2) is 5.91 Å². The molecule has 0 fully saturated rings. The van der Waals surface area contributed by atoms with Gasteiger partial charge in [0.25, 0.3) is 0 Å². The van der Waals surface area contributed by atoms with Crippen LogP contribution in [-0.2, 0) is 15.7 Å². The molecule has 0 aliphatic rings. The van der Waals surface area contributed by atoms with Crippen LogP contribution in [0.25, 0.3) is 0 Å². The number of anilines is 1. The first-order valence-electron chi connectivity index (χ1n) is 8.08. The maximum atomic E-state index is 11.2. The van der Waals surface area contributed by atoms with Crippen molar-refractivity contribution in [2.75, 3.05) is 5.32 Å². The molecule has 1 N–H and O–H groups in total. The molecule has 0 radical (unpaired) electrons. The van der Waals surface area contributed by atoms with Crippen LogP contribution in [0.1, 0.15) is 6.92 Å². The van der Waals surface area contributed by atoms with Gasteiger partial charge in [0.2, 0.25) is 5.91 Å². The number of benzene rings is 3. The summed E-state index contributed by atoms with van der Waals surface area (Å²) >= 11 is 0. The minimum absolute atomic E-state index is 0.0529. The summed E-state index contributed by atoms with van der Waals surface area (Å²) in [6.07, 6.45) is 0. The van der Waals surface area contributed by atoms with Crippen LogP contribution < -0.4 is 24.0 Å². The monoisotopic (exact) mass is 419 g/mol. The van der Waals surface area contributed by atoms with Gasteiger partial charge >= 0.3 is 0 Å². The number of nitrogens with one attached hydrogen (secondary N) is 1. The van der Waals surface area contributed by atoms with Crippen LogP contribution in [0.15, 0.2) is 99.6 Å². The van der Waals surface area contributed by atoms with Gasteiger partial charge in [0.05, 0.1) is 10.9 Å². The molecular weight excluding hydrogens is 402 g/mol. The van der Waals surface area contributed by atoms with E-state index in [0.29, 0.717) is 0 Å². The predicted molar refractivity (Wildman–Crippen MR) is 95.8 cm³/mol. The van der Waals surface area contributed by atoms with E-state index in [1.807, 2.05) is 24.3 Å². The van der Waals surface area contributed by atoms with Crippen LogP contribution in [0.3, 0.4) is 0 Å². The lowest BCUT2D eigenvalue weighted by atomic mass is 10.3. The van der Waals surface area contributed by atoms with Gasteiger partial charge in [0.15, 0.2) is 14.7 Å². The number of carbonyl (C=O) groups is 1. The molecule has 0 atom stereocenters. The zero-order chi connectivity index (χ0) is 20.6. The molecule has 0 saturated carbocycles. The van der Waals surface area contributed by atoms with Crippen LogP contribution in [0.5, 0.6) is 0 Å². The van der Waals surface area contributed by atoms with Gasteiger partial charge in [0, 0.05) is 12.6 Å². The van der Waals surface area contributed by atoms with Gasteiger partial charge in [-0.3, -0.25) is 4.79 Å². The van der Waals surface area contributed by atoms with E-state index in [1.54, 1.807) is 0 Å². The molecule has 0 aliphatic heterocycles. The van der Waals surface area contributed by atoms with Crippen molar-refractivity contribution < 1.29 is 33.7 Å². The molecule has 0 spiro atoms. The summed E-state index contributed by atoms with van der Waals surface area (Å²) < 4.78 is 34.0. The van der Waals surface area contributed by atoms with Gasteiger partial charge in [-0.2, -0.15) is 0 Å². The smallest absolute Gasteiger partial charge is 0.221 e. The molecule has 0 aromatic heterocycles. The first kappa shape index (κ1) is 21.9. The topological polar surface area (TPSA) is 121 Å². The Hall–Kier alpha value is -2.39. The molecule has 8 heteroatoms. The standard InChI is InChI=1S/C20H17NOS.ClHO4/c1-16(22)21-17-12-14-20(15-13-17)23(18-8-4-2-5-9-18)19-10-6-3-7-11-19;2-1(3,4)5/h2-15H,1H3;(H,2,3,4,5). The number of hydrogen-bond donors (Lipinski definition) is 1. The summed E-state index contributed by atoms with van der Waals surface area (Å²) in [5.74, 6) is -0.0529. The Bertz CT molecular complexity index is 825. The van der Waals surface area contributed by atoms with E-state index >= 15 is 0 Å². The average Bonchev–Trinajstić information content (AvgIpc) is 2.63. The molecule has 6 nitrogen and oxygen atoms in total. The lowest BCUT2D eigenvalue weighted by Gasteiger charge is -2.17. The largest absolute Gasteiger partial charge is 0.326 e. The first-order valence-corrected chi connectivity index (χ1v) is 10.5. The van der Waals surface area contributed by atoms with E-state index < -0.39 is 10.2 Å². The van der Waals surface area contributed by atoms with Gasteiger partial charge in [-0.15, -0.1) is 10.2 Å². The fourth-order valence-corrected chi connectivity index (χ4v) is 4.48. The van der Waals surface area contributed by atoms with E-state index in [9.17, 15) is 4.79 Å². The Balaban J connectivity index is 0.000000500. The highest BCUT2D eigenvalue weighted by molar-refractivity contribution is 7.97. The van der Waals surface area contributed by atoms with E-state index in [-0.39, 0.29) is 16.8 Å². The highest BCUT2D eigenvalue weighted by Gasteiger charge is 2.27. The van der Waals surface area contributed by atoms with Crippen molar-refractivity contribution in [3.8, 4) is 0 Å².